The summed E-state index contributed by atoms with van der Waals surface area (Å²) in [6, 6.07) is 18.2. The molecule has 1 amide bonds. The monoisotopic (exact) mass is 432 g/mol. The minimum atomic E-state index is -0.142. The maximum atomic E-state index is 12.7. The Morgan fingerprint density at radius 3 is 2.41 bits per heavy atom. The number of amides is 1. The Hall–Kier alpha value is -2.96. The lowest BCUT2D eigenvalue weighted by Crippen LogP contribution is -2.35. The summed E-state index contributed by atoms with van der Waals surface area (Å²) in [6.45, 7) is 7.96. The van der Waals surface area contributed by atoms with Crippen LogP contribution in [0.3, 0.4) is 0 Å². The summed E-state index contributed by atoms with van der Waals surface area (Å²) in [5, 5.41) is 17.2. The largest absolute Gasteiger partial charge is 0.393 e. The van der Waals surface area contributed by atoms with Crippen molar-refractivity contribution in [2.45, 2.75) is 52.4 Å². The van der Waals surface area contributed by atoms with E-state index in [9.17, 15) is 9.90 Å². The first-order valence-electron chi connectivity index (χ1n) is 11.3. The van der Waals surface area contributed by atoms with Crippen LogP contribution in [0.1, 0.15) is 51.3 Å². The number of piperidine rings is 1. The summed E-state index contributed by atoms with van der Waals surface area (Å²) in [5.41, 5.74) is 6.16. The summed E-state index contributed by atoms with van der Waals surface area (Å²) >= 11 is 0. The number of aliphatic hydroxyl groups is 1. The van der Waals surface area contributed by atoms with E-state index >= 15 is 0 Å². The molecule has 168 valence electrons. The number of aliphatic hydroxyl groups excluding tert-OH is 1. The van der Waals surface area contributed by atoms with Gasteiger partial charge in [-0.05, 0) is 61.6 Å². The summed E-state index contributed by atoms with van der Waals surface area (Å²) in [7, 11) is 0. The number of nitrogens with zero attached hydrogens (tertiary/aromatic N) is 3. The van der Waals surface area contributed by atoms with E-state index in [1.54, 1.807) is 0 Å². The molecule has 0 bridgehead atoms. The van der Waals surface area contributed by atoms with Gasteiger partial charge in [0, 0.05) is 37.4 Å². The number of carbonyl (C=O) groups excluding carboxylic acids is 1. The molecule has 0 atom stereocenters. The molecule has 2 aromatic carbocycles. The molecule has 1 fully saturated rings. The van der Waals surface area contributed by atoms with Crippen molar-refractivity contribution < 1.29 is 9.90 Å². The zero-order valence-electron chi connectivity index (χ0n) is 18.9. The van der Waals surface area contributed by atoms with Gasteiger partial charge in [0.25, 0.3) is 5.91 Å². The zero-order chi connectivity index (χ0) is 22.5. The third kappa shape index (κ3) is 5.84. The van der Waals surface area contributed by atoms with Gasteiger partial charge in [0.05, 0.1) is 18.3 Å². The van der Waals surface area contributed by atoms with Gasteiger partial charge in [0.15, 0.2) is 0 Å². The molecule has 1 saturated heterocycles. The number of aromatic nitrogens is 2. The van der Waals surface area contributed by atoms with E-state index < -0.39 is 0 Å². The van der Waals surface area contributed by atoms with E-state index in [1.165, 1.54) is 5.56 Å². The van der Waals surface area contributed by atoms with Crippen molar-refractivity contribution in [3.05, 3.63) is 88.2 Å². The Bertz CT molecular complexity index is 1050. The highest BCUT2D eigenvalue weighted by atomic mass is 16.3. The van der Waals surface area contributed by atoms with Crippen LogP contribution in [-0.2, 0) is 19.6 Å². The quantitative estimate of drug-likeness (QED) is 0.600. The number of likely N-dealkylation sites (tertiary alicyclic amines) is 1. The second kappa shape index (κ2) is 10.1. The van der Waals surface area contributed by atoms with Crippen molar-refractivity contribution in [1.29, 1.82) is 0 Å². The standard InChI is InChI=1S/C26H32N4O2/c1-19-14-20(2)30(28-19)18-23-4-3-5-24(15-23)26(32)27-16-21-6-8-22(9-7-21)17-29-12-10-25(31)11-13-29/h3-9,14-15,25,31H,10-13,16-18H2,1-2H3,(H,27,32). The highest BCUT2D eigenvalue weighted by Crippen LogP contribution is 2.15. The van der Waals surface area contributed by atoms with E-state index in [2.05, 4.69) is 45.6 Å². The molecular formula is C26H32N4O2. The van der Waals surface area contributed by atoms with E-state index in [1.807, 2.05) is 42.8 Å². The zero-order valence-corrected chi connectivity index (χ0v) is 18.9. The average molecular weight is 433 g/mol. The fourth-order valence-electron chi connectivity index (χ4n) is 4.20. The number of aryl methyl sites for hydroxylation is 2. The molecule has 2 heterocycles. The van der Waals surface area contributed by atoms with E-state index in [-0.39, 0.29) is 12.0 Å². The fourth-order valence-corrected chi connectivity index (χ4v) is 4.20. The molecule has 4 rings (SSSR count). The molecule has 0 unspecified atom stereocenters. The molecule has 0 aliphatic carbocycles. The van der Waals surface area contributed by atoms with Gasteiger partial charge in [-0.2, -0.15) is 5.10 Å². The topological polar surface area (TPSA) is 70.4 Å². The minimum absolute atomic E-state index is 0.0730. The number of rotatable bonds is 7. The first-order chi connectivity index (χ1) is 15.5. The van der Waals surface area contributed by atoms with Crippen LogP contribution in [-0.4, -0.2) is 44.9 Å². The maximum absolute atomic E-state index is 12.7. The second-order valence-electron chi connectivity index (χ2n) is 8.79. The Balaban J connectivity index is 1.30. The van der Waals surface area contributed by atoms with Gasteiger partial charge in [-0.1, -0.05) is 36.4 Å². The fraction of sp³-hybridized carbons (Fsp3) is 0.385. The van der Waals surface area contributed by atoms with Gasteiger partial charge in [0.1, 0.15) is 0 Å². The number of hydrogen-bond acceptors (Lipinski definition) is 4. The number of hydrogen-bond donors (Lipinski definition) is 2. The number of nitrogens with one attached hydrogen (secondary N) is 1. The van der Waals surface area contributed by atoms with Gasteiger partial charge >= 0.3 is 0 Å². The lowest BCUT2D eigenvalue weighted by Gasteiger charge is -2.29. The van der Waals surface area contributed by atoms with E-state index in [0.29, 0.717) is 18.7 Å². The van der Waals surface area contributed by atoms with Crippen molar-refractivity contribution in [2.75, 3.05) is 13.1 Å². The average Bonchev–Trinajstić information content (AvgIpc) is 3.11. The van der Waals surface area contributed by atoms with Crippen LogP contribution in [0.2, 0.25) is 0 Å². The molecule has 2 N–H and O–H groups in total. The van der Waals surface area contributed by atoms with Gasteiger partial charge in [0.2, 0.25) is 0 Å². The van der Waals surface area contributed by atoms with Gasteiger partial charge in [-0.3, -0.25) is 14.4 Å². The highest BCUT2D eigenvalue weighted by molar-refractivity contribution is 5.94. The number of benzene rings is 2. The third-order valence-electron chi connectivity index (χ3n) is 6.06. The van der Waals surface area contributed by atoms with Crippen molar-refractivity contribution >= 4 is 5.91 Å². The summed E-state index contributed by atoms with van der Waals surface area (Å²) < 4.78 is 1.96. The Morgan fingerprint density at radius 1 is 1.00 bits per heavy atom. The molecule has 1 aliphatic rings. The Labute approximate surface area is 189 Å². The first-order valence-corrected chi connectivity index (χ1v) is 11.3. The predicted octanol–water partition coefficient (Wildman–Crippen LogP) is 3.43. The van der Waals surface area contributed by atoms with Crippen molar-refractivity contribution in [3.8, 4) is 0 Å². The van der Waals surface area contributed by atoms with Gasteiger partial charge in [-0.15, -0.1) is 0 Å². The molecule has 1 aromatic heterocycles. The smallest absolute Gasteiger partial charge is 0.251 e. The van der Waals surface area contributed by atoms with Crippen molar-refractivity contribution in [3.63, 3.8) is 0 Å². The summed E-state index contributed by atoms with van der Waals surface area (Å²) in [5.74, 6) is -0.0730. The molecule has 3 aromatic rings. The van der Waals surface area contributed by atoms with E-state index in [0.717, 1.165) is 55.0 Å². The molecule has 0 radical (unpaired) electrons. The van der Waals surface area contributed by atoms with Crippen LogP contribution >= 0.6 is 0 Å². The van der Waals surface area contributed by atoms with Gasteiger partial charge in [-0.25, -0.2) is 0 Å². The molecule has 1 aliphatic heterocycles. The number of carbonyl (C=O) groups is 1. The van der Waals surface area contributed by atoms with Crippen LogP contribution in [0.4, 0.5) is 0 Å². The summed E-state index contributed by atoms with van der Waals surface area (Å²) in [6.07, 6.45) is 1.57. The normalized spacial score (nSPS) is 15.1. The molecular weight excluding hydrogens is 400 g/mol. The van der Waals surface area contributed by atoms with Crippen molar-refractivity contribution in [1.82, 2.24) is 20.0 Å². The van der Waals surface area contributed by atoms with E-state index in [4.69, 9.17) is 0 Å². The second-order valence-corrected chi connectivity index (χ2v) is 8.79. The molecule has 0 saturated carbocycles. The first kappa shape index (κ1) is 22.2. The molecule has 6 heteroatoms. The highest BCUT2D eigenvalue weighted by Gasteiger charge is 2.16. The molecule has 32 heavy (non-hydrogen) atoms. The molecule has 6 nitrogen and oxygen atoms in total. The van der Waals surface area contributed by atoms with Crippen LogP contribution in [0, 0.1) is 13.8 Å². The summed E-state index contributed by atoms with van der Waals surface area (Å²) in [4.78, 5) is 15.1. The van der Waals surface area contributed by atoms with Crippen LogP contribution in [0.25, 0.3) is 0 Å². The predicted molar refractivity (Wildman–Crippen MR) is 125 cm³/mol. The minimum Gasteiger partial charge on any atom is -0.393 e. The third-order valence-corrected chi connectivity index (χ3v) is 6.06. The SMILES string of the molecule is Cc1cc(C)n(Cc2cccc(C(=O)NCc3ccc(CN4CCC(O)CC4)cc3)c2)n1. The molecule has 0 spiro atoms. The maximum Gasteiger partial charge on any atom is 0.251 e. The Morgan fingerprint density at radius 2 is 1.72 bits per heavy atom. The lowest BCUT2D eigenvalue weighted by atomic mass is 10.1. The van der Waals surface area contributed by atoms with Crippen LogP contribution in [0.5, 0.6) is 0 Å². The van der Waals surface area contributed by atoms with Crippen LogP contribution in [0.15, 0.2) is 54.6 Å². The van der Waals surface area contributed by atoms with Crippen LogP contribution < -0.4 is 5.32 Å². The lowest BCUT2D eigenvalue weighted by molar-refractivity contribution is 0.0792. The van der Waals surface area contributed by atoms with Gasteiger partial charge < -0.3 is 10.4 Å². The van der Waals surface area contributed by atoms with Crippen molar-refractivity contribution in [2.24, 2.45) is 0 Å². The Kier molecular flexibility index (Phi) is 7.02.